The van der Waals surface area contributed by atoms with Crippen LogP contribution in [0.15, 0.2) is 18.2 Å². The average molecular weight is 302 g/mol. The zero-order valence-electron chi connectivity index (χ0n) is 10.2. The molecule has 0 spiro atoms. The number of halogens is 2. The second kappa shape index (κ2) is 6.26. The fourth-order valence-electron chi connectivity index (χ4n) is 1.87. The Bertz CT molecular complexity index is 474. The van der Waals surface area contributed by atoms with Gasteiger partial charge in [-0.15, -0.1) is 0 Å². The number of ketones is 1. The van der Waals surface area contributed by atoms with Gasteiger partial charge in [-0.1, -0.05) is 23.2 Å². The van der Waals surface area contributed by atoms with Crippen LogP contribution in [0.3, 0.4) is 0 Å². The zero-order chi connectivity index (χ0) is 13.8. The van der Waals surface area contributed by atoms with E-state index in [1.165, 1.54) is 4.90 Å². The average Bonchev–Trinajstić information content (AvgIpc) is 2.36. The molecule has 0 bridgehead atoms. The summed E-state index contributed by atoms with van der Waals surface area (Å²) in [6.07, 6.45) is 0.388. The van der Waals surface area contributed by atoms with Gasteiger partial charge in [0.05, 0.1) is 0 Å². The molecule has 1 aromatic rings. The topological polar surface area (TPSA) is 46.6 Å². The first-order valence-corrected chi connectivity index (χ1v) is 6.68. The molecule has 1 saturated heterocycles. The maximum atomic E-state index is 11.8. The van der Waals surface area contributed by atoms with Crippen molar-refractivity contribution in [2.24, 2.45) is 0 Å². The molecule has 1 heterocycles. The van der Waals surface area contributed by atoms with Gasteiger partial charge in [0.15, 0.2) is 0 Å². The Labute approximate surface area is 121 Å². The molecule has 1 aliphatic heterocycles. The number of amides is 1. The number of likely N-dealkylation sites (tertiary alicyclic amines) is 1. The van der Waals surface area contributed by atoms with Crippen LogP contribution in [0.2, 0.25) is 10.0 Å². The Kier molecular flexibility index (Phi) is 4.66. The van der Waals surface area contributed by atoms with E-state index in [-0.39, 0.29) is 12.4 Å². The van der Waals surface area contributed by atoms with Gasteiger partial charge in [0.1, 0.15) is 12.4 Å². The number of nitrogens with zero attached hydrogens (tertiary/aromatic N) is 1. The summed E-state index contributed by atoms with van der Waals surface area (Å²) in [6, 6.07) is 5.01. The van der Waals surface area contributed by atoms with E-state index in [0.717, 1.165) is 5.56 Å². The van der Waals surface area contributed by atoms with Crippen molar-refractivity contribution in [3.05, 3.63) is 33.8 Å². The van der Waals surface area contributed by atoms with Crippen LogP contribution in [0, 0.1) is 0 Å². The summed E-state index contributed by atoms with van der Waals surface area (Å²) < 4.78 is 5.17. The third-order valence-corrected chi connectivity index (χ3v) is 3.30. The molecule has 1 aromatic carbocycles. The van der Waals surface area contributed by atoms with E-state index in [4.69, 9.17) is 27.9 Å². The molecular weight excluding hydrogens is 289 g/mol. The summed E-state index contributed by atoms with van der Waals surface area (Å²) in [5.41, 5.74) is 0.735. The first kappa shape index (κ1) is 14.2. The minimum atomic E-state index is -0.413. The van der Waals surface area contributed by atoms with Crippen LogP contribution >= 0.6 is 23.2 Å². The summed E-state index contributed by atoms with van der Waals surface area (Å²) in [4.78, 5) is 24.4. The van der Waals surface area contributed by atoms with E-state index in [1.54, 1.807) is 18.2 Å². The SMILES string of the molecule is O=C1CCN(C(=O)OCc2cc(Cl)cc(Cl)c2)CC1. The quantitative estimate of drug-likeness (QED) is 0.842. The lowest BCUT2D eigenvalue weighted by Gasteiger charge is -2.25. The molecule has 0 radical (unpaired) electrons. The van der Waals surface area contributed by atoms with E-state index in [1.807, 2.05) is 0 Å². The number of benzene rings is 1. The van der Waals surface area contributed by atoms with Crippen molar-refractivity contribution < 1.29 is 14.3 Å². The fraction of sp³-hybridized carbons (Fsp3) is 0.385. The Morgan fingerprint density at radius 1 is 1.16 bits per heavy atom. The Morgan fingerprint density at radius 2 is 1.74 bits per heavy atom. The van der Waals surface area contributed by atoms with Gasteiger partial charge in [0.25, 0.3) is 0 Å². The fourth-order valence-corrected chi connectivity index (χ4v) is 2.44. The maximum absolute atomic E-state index is 11.8. The molecule has 0 aromatic heterocycles. The van der Waals surface area contributed by atoms with Crippen molar-refractivity contribution in [2.75, 3.05) is 13.1 Å². The van der Waals surface area contributed by atoms with E-state index in [9.17, 15) is 9.59 Å². The Balaban J connectivity index is 1.87. The van der Waals surface area contributed by atoms with Crippen LogP contribution in [-0.2, 0) is 16.1 Å². The van der Waals surface area contributed by atoms with Gasteiger partial charge in [-0.2, -0.15) is 0 Å². The molecule has 1 amide bonds. The lowest BCUT2D eigenvalue weighted by Crippen LogP contribution is -2.38. The number of carbonyl (C=O) groups excluding carboxylic acids is 2. The van der Waals surface area contributed by atoms with E-state index in [0.29, 0.717) is 36.0 Å². The molecule has 6 heteroatoms. The van der Waals surface area contributed by atoms with Gasteiger partial charge in [0.2, 0.25) is 0 Å². The van der Waals surface area contributed by atoms with Crippen molar-refractivity contribution in [2.45, 2.75) is 19.4 Å². The van der Waals surface area contributed by atoms with Crippen LogP contribution in [0.4, 0.5) is 4.79 Å². The van der Waals surface area contributed by atoms with Gasteiger partial charge in [0, 0.05) is 36.0 Å². The number of carbonyl (C=O) groups is 2. The normalized spacial score (nSPS) is 15.5. The van der Waals surface area contributed by atoms with Crippen LogP contribution in [0.5, 0.6) is 0 Å². The molecule has 2 rings (SSSR count). The Hall–Kier alpha value is -1.26. The summed E-state index contributed by atoms with van der Waals surface area (Å²) in [5, 5.41) is 1.00. The predicted molar refractivity (Wildman–Crippen MR) is 72.5 cm³/mol. The Morgan fingerprint density at radius 3 is 2.32 bits per heavy atom. The van der Waals surface area contributed by atoms with Gasteiger partial charge >= 0.3 is 6.09 Å². The number of rotatable bonds is 2. The third kappa shape index (κ3) is 4.11. The van der Waals surface area contributed by atoms with Gasteiger partial charge in [-0.25, -0.2) is 4.79 Å². The van der Waals surface area contributed by atoms with Crippen LogP contribution in [-0.4, -0.2) is 29.9 Å². The van der Waals surface area contributed by atoms with E-state index in [2.05, 4.69) is 0 Å². The van der Waals surface area contributed by atoms with Crippen LogP contribution in [0.25, 0.3) is 0 Å². The minimum Gasteiger partial charge on any atom is -0.445 e. The van der Waals surface area contributed by atoms with Crippen LogP contribution < -0.4 is 0 Å². The lowest BCUT2D eigenvalue weighted by molar-refractivity contribution is -0.121. The van der Waals surface area contributed by atoms with Gasteiger partial charge in [-0.3, -0.25) is 4.79 Å². The number of hydrogen-bond acceptors (Lipinski definition) is 3. The molecule has 4 nitrogen and oxygen atoms in total. The monoisotopic (exact) mass is 301 g/mol. The zero-order valence-corrected chi connectivity index (χ0v) is 11.7. The molecule has 19 heavy (non-hydrogen) atoms. The van der Waals surface area contributed by atoms with E-state index >= 15 is 0 Å². The van der Waals surface area contributed by atoms with Crippen molar-refractivity contribution in [3.63, 3.8) is 0 Å². The first-order chi connectivity index (χ1) is 9.04. The van der Waals surface area contributed by atoms with Crippen LogP contribution in [0.1, 0.15) is 18.4 Å². The second-order valence-corrected chi connectivity index (χ2v) is 5.23. The number of piperidine rings is 1. The lowest BCUT2D eigenvalue weighted by atomic mass is 10.1. The van der Waals surface area contributed by atoms with Gasteiger partial charge < -0.3 is 9.64 Å². The molecule has 1 fully saturated rings. The predicted octanol–water partition coefficient (Wildman–Crippen LogP) is 3.29. The molecule has 0 N–H and O–H groups in total. The van der Waals surface area contributed by atoms with Gasteiger partial charge in [-0.05, 0) is 23.8 Å². The van der Waals surface area contributed by atoms with Crippen molar-refractivity contribution in [1.29, 1.82) is 0 Å². The highest BCUT2D eigenvalue weighted by Gasteiger charge is 2.21. The number of hydrogen-bond donors (Lipinski definition) is 0. The second-order valence-electron chi connectivity index (χ2n) is 4.36. The summed E-state index contributed by atoms with van der Waals surface area (Å²) in [6.45, 7) is 0.964. The molecule has 0 unspecified atom stereocenters. The first-order valence-electron chi connectivity index (χ1n) is 5.93. The summed E-state index contributed by atoms with van der Waals surface area (Å²) in [7, 11) is 0. The summed E-state index contributed by atoms with van der Waals surface area (Å²) >= 11 is 11.7. The standard InChI is InChI=1S/C13H13Cl2NO3/c14-10-5-9(6-11(15)7-10)8-19-13(18)16-3-1-12(17)2-4-16/h5-7H,1-4,8H2. The molecule has 102 valence electrons. The van der Waals surface area contributed by atoms with Crippen molar-refractivity contribution >= 4 is 35.1 Å². The smallest absolute Gasteiger partial charge is 0.410 e. The van der Waals surface area contributed by atoms with E-state index < -0.39 is 6.09 Å². The molecule has 1 aliphatic rings. The molecular formula is C13H13Cl2NO3. The highest BCUT2D eigenvalue weighted by atomic mass is 35.5. The summed E-state index contributed by atoms with van der Waals surface area (Å²) in [5.74, 6) is 0.186. The number of ether oxygens (including phenoxy) is 1. The highest BCUT2D eigenvalue weighted by molar-refractivity contribution is 6.34. The minimum absolute atomic E-state index is 0.115. The molecule has 0 aliphatic carbocycles. The highest BCUT2D eigenvalue weighted by Crippen LogP contribution is 2.20. The van der Waals surface area contributed by atoms with Crippen molar-refractivity contribution in [1.82, 2.24) is 4.90 Å². The van der Waals surface area contributed by atoms with Crippen molar-refractivity contribution in [3.8, 4) is 0 Å². The number of Topliss-reactive ketones (excluding diaryl/α,β-unsaturated/α-hetero) is 1. The third-order valence-electron chi connectivity index (χ3n) is 2.86. The largest absolute Gasteiger partial charge is 0.445 e. The molecule has 0 atom stereocenters. The maximum Gasteiger partial charge on any atom is 0.410 e. The molecule has 0 saturated carbocycles.